The molecule has 0 aliphatic heterocycles. The molecule has 0 aliphatic carbocycles. The van der Waals surface area contributed by atoms with E-state index in [-0.39, 0.29) is 12.3 Å². The molecule has 0 unspecified atom stereocenters. The van der Waals surface area contributed by atoms with Crippen LogP contribution >= 0.6 is 22.7 Å². The highest BCUT2D eigenvalue weighted by Crippen LogP contribution is 2.33. The average molecular weight is 517 g/mol. The molecule has 0 atom stereocenters. The SMILES string of the molecule is CN(C)C=O.Cc1nc(NC(=O)COc2ccc([N+](=O)[O-])cc2)sc1-c1nc(-c2cccs2)no1. The first-order valence-electron chi connectivity index (χ1n) is 9.91. The van der Waals surface area contributed by atoms with Crippen LogP contribution in [0.25, 0.3) is 21.5 Å². The lowest BCUT2D eigenvalue weighted by Crippen LogP contribution is -2.20. The van der Waals surface area contributed by atoms with Gasteiger partial charge in [-0.15, -0.1) is 11.3 Å². The fourth-order valence-electron chi connectivity index (χ4n) is 2.44. The van der Waals surface area contributed by atoms with E-state index in [2.05, 4.69) is 20.4 Å². The van der Waals surface area contributed by atoms with Crippen molar-refractivity contribution in [2.75, 3.05) is 26.0 Å². The molecule has 12 nitrogen and oxygen atoms in total. The van der Waals surface area contributed by atoms with Crippen molar-refractivity contribution >= 4 is 45.8 Å². The zero-order valence-corrected chi connectivity index (χ0v) is 20.5. The number of carbonyl (C=O) groups is 2. The Morgan fingerprint density at radius 1 is 1.26 bits per heavy atom. The third-order valence-electron chi connectivity index (χ3n) is 4.03. The molecule has 2 amide bonds. The summed E-state index contributed by atoms with van der Waals surface area (Å²) in [6.07, 6.45) is 0.750. The van der Waals surface area contributed by atoms with Crippen molar-refractivity contribution in [3.63, 3.8) is 0 Å². The van der Waals surface area contributed by atoms with Gasteiger partial charge in [0.05, 0.1) is 15.5 Å². The monoisotopic (exact) mass is 516 g/mol. The van der Waals surface area contributed by atoms with E-state index in [0.29, 0.717) is 33.2 Å². The minimum Gasteiger partial charge on any atom is -0.484 e. The van der Waals surface area contributed by atoms with Gasteiger partial charge in [-0.25, -0.2) is 4.98 Å². The van der Waals surface area contributed by atoms with Crippen molar-refractivity contribution in [3.05, 3.63) is 57.6 Å². The number of carbonyl (C=O) groups excluding carboxylic acids is 2. The molecule has 0 saturated heterocycles. The zero-order chi connectivity index (χ0) is 25.4. The molecule has 0 spiro atoms. The highest BCUT2D eigenvalue weighted by Gasteiger charge is 2.18. The molecule has 3 heterocycles. The minimum atomic E-state index is -0.508. The van der Waals surface area contributed by atoms with Crippen molar-refractivity contribution in [2.45, 2.75) is 6.92 Å². The van der Waals surface area contributed by atoms with Gasteiger partial charge in [-0.05, 0) is 30.5 Å². The van der Waals surface area contributed by atoms with Gasteiger partial charge >= 0.3 is 0 Å². The molecular formula is C21H20N6O6S2. The number of aryl methyl sites for hydroxylation is 1. The fraction of sp³-hybridized carbons (Fsp3) is 0.190. The van der Waals surface area contributed by atoms with Crippen molar-refractivity contribution in [3.8, 4) is 27.2 Å². The number of ether oxygens (including phenoxy) is 1. The minimum absolute atomic E-state index is 0.0548. The van der Waals surface area contributed by atoms with Crippen LogP contribution in [0.1, 0.15) is 5.69 Å². The predicted octanol–water partition coefficient (Wildman–Crippen LogP) is 3.86. The molecule has 0 saturated carbocycles. The maximum absolute atomic E-state index is 12.1. The Bertz CT molecular complexity index is 1280. The summed E-state index contributed by atoms with van der Waals surface area (Å²) < 4.78 is 10.7. The van der Waals surface area contributed by atoms with Crippen molar-refractivity contribution in [1.82, 2.24) is 20.0 Å². The molecule has 1 aromatic carbocycles. The zero-order valence-electron chi connectivity index (χ0n) is 18.8. The van der Waals surface area contributed by atoms with E-state index in [1.165, 1.54) is 51.8 Å². The fourth-order valence-corrected chi connectivity index (χ4v) is 3.99. The van der Waals surface area contributed by atoms with E-state index < -0.39 is 10.8 Å². The standard InChI is InChI=1S/C18H13N5O5S2.C3H7NO/c1-10-15(17-21-16(22-28-17)13-3-2-8-29-13)30-18(19-10)20-14(24)9-27-12-6-4-11(5-7-12)23(25)26;1-4(2)3-5/h2-8H,9H2,1H3,(H,19,20,24);3H,1-2H3. The van der Waals surface area contributed by atoms with Crippen molar-refractivity contribution in [2.24, 2.45) is 0 Å². The largest absolute Gasteiger partial charge is 0.484 e. The first-order chi connectivity index (χ1) is 16.8. The van der Waals surface area contributed by atoms with Crippen LogP contribution in [0.3, 0.4) is 0 Å². The van der Waals surface area contributed by atoms with Crippen LogP contribution in [0.15, 0.2) is 46.3 Å². The number of nitro benzene ring substituents is 1. The number of hydrogen-bond acceptors (Lipinski definition) is 11. The number of amides is 2. The molecule has 3 aromatic heterocycles. The maximum Gasteiger partial charge on any atom is 0.270 e. The van der Waals surface area contributed by atoms with Gasteiger partial charge in [-0.1, -0.05) is 22.6 Å². The van der Waals surface area contributed by atoms with E-state index in [9.17, 15) is 19.7 Å². The molecule has 182 valence electrons. The van der Waals surface area contributed by atoms with Crippen LogP contribution in [0.2, 0.25) is 0 Å². The summed E-state index contributed by atoms with van der Waals surface area (Å²) in [5.41, 5.74) is 0.592. The molecule has 0 bridgehead atoms. The Hall–Kier alpha value is -4.17. The third kappa shape index (κ3) is 7.15. The second-order valence-electron chi connectivity index (χ2n) is 6.99. The molecule has 4 aromatic rings. The number of thiophene rings is 1. The van der Waals surface area contributed by atoms with Gasteiger partial charge in [0.15, 0.2) is 11.7 Å². The van der Waals surface area contributed by atoms with E-state index >= 15 is 0 Å². The lowest BCUT2D eigenvalue weighted by molar-refractivity contribution is -0.384. The summed E-state index contributed by atoms with van der Waals surface area (Å²) in [4.78, 5) is 43.4. The van der Waals surface area contributed by atoms with Gasteiger partial charge < -0.3 is 14.2 Å². The van der Waals surface area contributed by atoms with Gasteiger partial charge in [0.1, 0.15) is 10.6 Å². The average Bonchev–Trinajstić information content (AvgIpc) is 3.59. The first-order valence-corrected chi connectivity index (χ1v) is 11.6. The van der Waals surface area contributed by atoms with Gasteiger partial charge in [-0.2, -0.15) is 4.98 Å². The number of nitrogens with zero attached hydrogens (tertiary/aromatic N) is 5. The number of anilines is 1. The van der Waals surface area contributed by atoms with E-state index in [4.69, 9.17) is 9.26 Å². The Morgan fingerprint density at radius 3 is 2.57 bits per heavy atom. The van der Waals surface area contributed by atoms with Crippen LogP contribution in [-0.4, -0.2) is 58.0 Å². The second-order valence-corrected chi connectivity index (χ2v) is 8.94. The molecule has 1 N–H and O–H groups in total. The van der Waals surface area contributed by atoms with Crippen LogP contribution in [0.4, 0.5) is 10.8 Å². The summed E-state index contributed by atoms with van der Waals surface area (Å²) in [6, 6.07) is 9.27. The topological polar surface area (TPSA) is 154 Å². The normalized spacial score (nSPS) is 10.1. The summed E-state index contributed by atoms with van der Waals surface area (Å²) >= 11 is 2.72. The van der Waals surface area contributed by atoms with Gasteiger partial charge in [-0.3, -0.25) is 25.0 Å². The predicted molar refractivity (Wildman–Crippen MR) is 130 cm³/mol. The van der Waals surface area contributed by atoms with Gasteiger partial charge in [0.25, 0.3) is 17.5 Å². The second kappa shape index (κ2) is 11.8. The molecule has 4 rings (SSSR count). The Kier molecular flexibility index (Phi) is 8.58. The highest BCUT2D eigenvalue weighted by molar-refractivity contribution is 7.19. The molecule has 0 aliphatic rings. The van der Waals surface area contributed by atoms with Gasteiger partial charge in [0, 0.05) is 26.2 Å². The number of thiazole rings is 1. The van der Waals surface area contributed by atoms with Crippen LogP contribution < -0.4 is 10.1 Å². The number of benzene rings is 1. The Balaban J connectivity index is 0.000000623. The lowest BCUT2D eigenvalue weighted by Gasteiger charge is -2.05. The first kappa shape index (κ1) is 25.5. The number of aromatic nitrogens is 3. The van der Waals surface area contributed by atoms with Crippen LogP contribution in [-0.2, 0) is 9.59 Å². The maximum atomic E-state index is 12.1. The molecule has 0 fully saturated rings. The summed E-state index contributed by atoms with van der Waals surface area (Å²) in [5.74, 6) is 0.753. The van der Waals surface area contributed by atoms with Crippen molar-refractivity contribution in [1.29, 1.82) is 0 Å². The van der Waals surface area contributed by atoms with Crippen LogP contribution in [0.5, 0.6) is 5.75 Å². The number of hydrogen-bond donors (Lipinski definition) is 1. The Labute approximate surface area is 207 Å². The van der Waals surface area contributed by atoms with Crippen LogP contribution in [0, 0.1) is 17.0 Å². The number of rotatable bonds is 8. The summed E-state index contributed by atoms with van der Waals surface area (Å²) in [6.45, 7) is 1.51. The molecule has 35 heavy (non-hydrogen) atoms. The van der Waals surface area contributed by atoms with Crippen molar-refractivity contribution < 1.29 is 23.8 Å². The number of nitro groups is 1. The Morgan fingerprint density at radius 2 is 1.97 bits per heavy atom. The summed E-state index contributed by atoms with van der Waals surface area (Å²) in [5, 5.41) is 19.6. The van der Waals surface area contributed by atoms with E-state index in [1.807, 2.05) is 17.5 Å². The number of non-ortho nitro benzene ring substituents is 1. The van der Waals surface area contributed by atoms with E-state index in [1.54, 1.807) is 21.0 Å². The molecular weight excluding hydrogens is 496 g/mol. The quantitative estimate of drug-likeness (QED) is 0.209. The van der Waals surface area contributed by atoms with E-state index in [0.717, 1.165) is 11.3 Å². The lowest BCUT2D eigenvalue weighted by atomic mass is 10.3. The smallest absolute Gasteiger partial charge is 0.270 e. The molecule has 14 heteroatoms. The highest BCUT2D eigenvalue weighted by atomic mass is 32.1. The van der Waals surface area contributed by atoms with Gasteiger partial charge in [0.2, 0.25) is 12.2 Å². The molecule has 0 radical (unpaired) electrons. The third-order valence-corrected chi connectivity index (χ3v) is 5.96. The number of nitrogens with one attached hydrogen (secondary N) is 1. The summed E-state index contributed by atoms with van der Waals surface area (Å²) in [7, 11) is 3.38.